The van der Waals surface area contributed by atoms with Gasteiger partial charge in [0.1, 0.15) is 11.8 Å². The average molecular weight is 475 g/mol. The van der Waals surface area contributed by atoms with Crippen molar-refractivity contribution in [1.82, 2.24) is 14.9 Å². The van der Waals surface area contributed by atoms with Crippen molar-refractivity contribution in [2.24, 2.45) is 0 Å². The molecule has 1 aliphatic rings. The van der Waals surface area contributed by atoms with E-state index >= 15 is 0 Å². The van der Waals surface area contributed by atoms with Gasteiger partial charge < -0.3 is 19.5 Å². The lowest BCUT2D eigenvalue weighted by atomic mass is 10.0. The molecule has 0 saturated carbocycles. The van der Waals surface area contributed by atoms with E-state index < -0.39 is 0 Å². The number of hydrogen-bond donors (Lipinski definition) is 1. The summed E-state index contributed by atoms with van der Waals surface area (Å²) in [6, 6.07) is 24.0. The first kappa shape index (κ1) is 21.5. The zero-order chi connectivity index (χ0) is 22.9. The number of pyridine rings is 1. The molecule has 0 amide bonds. The molecule has 2 atom stereocenters. The minimum absolute atomic E-state index is 0.141. The fourth-order valence-electron chi connectivity index (χ4n) is 4.39. The predicted octanol–water partition coefficient (Wildman–Crippen LogP) is 6.02. The molecule has 0 spiro atoms. The van der Waals surface area contributed by atoms with Gasteiger partial charge in [-0.25, -0.2) is 0 Å². The van der Waals surface area contributed by atoms with Crippen LogP contribution in [0.1, 0.15) is 29.0 Å². The van der Waals surface area contributed by atoms with Gasteiger partial charge in [-0.2, -0.15) is 0 Å². The Balaban J connectivity index is 1.67. The van der Waals surface area contributed by atoms with Gasteiger partial charge in [0.2, 0.25) is 0 Å². The van der Waals surface area contributed by atoms with Gasteiger partial charge in [0.15, 0.2) is 5.11 Å². The Morgan fingerprint density at radius 3 is 2.61 bits per heavy atom. The third-order valence-electron chi connectivity index (χ3n) is 5.87. The number of aryl methyl sites for hydroxylation is 1. The number of hydrogen-bond acceptors (Lipinski definition) is 3. The van der Waals surface area contributed by atoms with E-state index in [1.54, 1.807) is 7.11 Å². The van der Waals surface area contributed by atoms with E-state index in [1.165, 1.54) is 5.56 Å². The number of halogens is 1. The number of nitrogens with one attached hydrogen (secondary N) is 1. The SMILES string of the molecule is COc1ccc(N2C(=S)N[C@H](c3ccccn3)[C@@H]2c2cccn2-c2cccc(C)c2)cc1Cl. The summed E-state index contributed by atoms with van der Waals surface area (Å²) < 4.78 is 7.56. The summed E-state index contributed by atoms with van der Waals surface area (Å²) in [6.45, 7) is 2.10. The first-order chi connectivity index (χ1) is 16.1. The van der Waals surface area contributed by atoms with Gasteiger partial charge in [0, 0.05) is 29.5 Å². The highest BCUT2D eigenvalue weighted by molar-refractivity contribution is 7.80. The molecule has 0 bridgehead atoms. The summed E-state index contributed by atoms with van der Waals surface area (Å²) in [6.07, 6.45) is 3.89. The van der Waals surface area contributed by atoms with Crippen molar-refractivity contribution in [3.8, 4) is 11.4 Å². The number of benzene rings is 2. The normalized spacial score (nSPS) is 17.8. The van der Waals surface area contributed by atoms with Gasteiger partial charge in [-0.1, -0.05) is 29.8 Å². The lowest BCUT2D eigenvalue weighted by Crippen LogP contribution is -2.30. The fourth-order valence-corrected chi connectivity index (χ4v) is 4.98. The lowest BCUT2D eigenvalue weighted by molar-refractivity contribution is 0.415. The first-order valence-corrected chi connectivity index (χ1v) is 11.4. The maximum absolute atomic E-state index is 6.49. The Kier molecular flexibility index (Phi) is 5.79. The van der Waals surface area contributed by atoms with E-state index in [0.29, 0.717) is 15.9 Å². The number of aromatic nitrogens is 2. The molecule has 7 heteroatoms. The highest BCUT2D eigenvalue weighted by atomic mass is 35.5. The summed E-state index contributed by atoms with van der Waals surface area (Å²) >= 11 is 12.3. The molecule has 0 aliphatic carbocycles. The Hall–Kier alpha value is -3.35. The second-order valence-electron chi connectivity index (χ2n) is 7.96. The van der Waals surface area contributed by atoms with Crippen LogP contribution in [0.2, 0.25) is 5.02 Å². The molecule has 33 heavy (non-hydrogen) atoms. The van der Waals surface area contributed by atoms with Crippen molar-refractivity contribution < 1.29 is 4.74 Å². The number of anilines is 1. The van der Waals surface area contributed by atoms with Crippen LogP contribution in [-0.4, -0.2) is 21.8 Å². The van der Waals surface area contributed by atoms with Gasteiger partial charge in [0.05, 0.1) is 23.9 Å². The van der Waals surface area contributed by atoms with E-state index in [-0.39, 0.29) is 12.1 Å². The largest absolute Gasteiger partial charge is 0.495 e. The van der Waals surface area contributed by atoms with E-state index in [0.717, 1.165) is 22.8 Å². The molecule has 166 valence electrons. The summed E-state index contributed by atoms with van der Waals surface area (Å²) in [5, 5.41) is 4.66. The van der Waals surface area contributed by atoms with Crippen LogP contribution < -0.4 is 15.0 Å². The molecule has 3 heterocycles. The topological polar surface area (TPSA) is 42.3 Å². The van der Waals surface area contributed by atoms with Crippen molar-refractivity contribution in [3.63, 3.8) is 0 Å². The summed E-state index contributed by atoms with van der Waals surface area (Å²) in [4.78, 5) is 6.75. The Labute approximate surface area is 203 Å². The quantitative estimate of drug-likeness (QED) is 0.358. The van der Waals surface area contributed by atoms with Crippen LogP contribution in [0.3, 0.4) is 0 Å². The minimum Gasteiger partial charge on any atom is -0.495 e. The zero-order valence-electron chi connectivity index (χ0n) is 18.3. The zero-order valence-corrected chi connectivity index (χ0v) is 19.8. The summed E-state index contributed by atoms with van der Waals surface area (Å²) in [5.41, 5.74) is 5.20. The van der Waals surface area contributed by atoms with Crippen molar-refractivity contribution in [3.05, 3.63) is 107 Å². The van der Waals surface area contributed by atoms with E-state index in [2.05, 4.69) is 69.3 Å². The average Bonchev–Trinajstić information content (AvgIpc) is 3.44. The fraction of sp³-hybridized carbons (Fsp3) is 0.154. The van der Waals surface area contributed by atoms with Gasteiger partial charge in [0.25, 0.3) is 0 Å². The molecule has 0 radical (unpaired) electrons. The van der Waals surface area contributed by atoms with Crippen LogP contribution in [0.25, 0.3) is 5.69 Å². The smallest absolute Gasteiger partial charge is 0.174 e. The maximum Gasteiger partial charge on any atom is 0.174 e. The number of methoxy groups -OCH3 is 1. The summed E-state index contributed by atoms with van der Waals surface area (Å²) in [5.74, 6) is 0.624. The monoisotopic (exact) mass is 474 g/mol. The molecule has 2 aromatic heterocycles. The third-order valence-corrected chi connectivity index (χ3v) is 6.48. The number of ether oxygens (including phenoxy) is 1. The van der Waals surface area contributed by atoms with Crippen molar-refractivity contribution in [2.75, 3.05) is 12.0 Å². The molecule has 1 N–H and O–H groups in total. The molecule has 2 aromatic carbocycles. The number of thiocarbonyl (C=S) groups is 1. The third kappa shape index (κ3) is 3.96. The molecule has 4 aromatic rings. The highest BCUT2D eigenvalue weighted by Gasteiger charge is 2.42. The van der Waals surface area contributed by atoms with E-state index in [9.17, 15) is 0 Å². The van der Waals surface area contributed by atoms with E-state index in [4.69, 9.17) is 28.6 Å². The van der Waals surface area contributed by atoms with Gasteiger partial charge in [-0.05, 0) is 79.3 Å². The second kappa shape index (κ2) is 8.89. The van der Waals surface area contributed by atoms with Crippen LogP contribution in [0.15, 0.2) is 85.2 Å². The van der Waals surface area contributed by atoms with Gasteiger partial charge in [-0.15, -0.1) is 0 Å². The molecular weight excluding hydrogens is 452 g/mol. The van der Waals surface area contributed by atoms with Crippen LogP contribution in [0, 0.1) is 6.92 Å². The second-order valence-corrected chi connectivity index (χ2v) is 8.75. The predicted molar refractivity (Wildman–Crippen MR) is 136 cm³/mol. The van der Waals surface area contributed by atoms with Crippen molar-refractivity contribution >= 4 is 34.6 Å². The molecule has 5 nitrogen and oxygen atoms in total. The number of rotatable bonds is 5. The highest BCUT2D eigenvalue weighted by Crippen LogP contribution is 2.43. The molecule has 5 rings (SSSR count). The molecular formula is C26H23ClN4OS. The molecule has 1 aliphatic heterocycles. The van der Waals surface area contributed by atoms with E-state index in [1.807, 2.05) is 42.6 Å². The van der Waals surface area contributed by atoms with Crippen LogP contribution >= 0.6 is 23.8 Å². The Bertz CT molecular complexity index is 1310. The maximum atomic E-state index is 6.49. The van der Waals surface area contributed by atoms with Crippen LogP contribution in [0.4, 0.5) is 5.69 Å². The first-order valence-electron chi connectivity index (χ1n) is 10.7. The Morgan fingerprint density at radius 1 is 1.00 bits per heavy atom. The van der Waals surface area contributed by atoms with Crippen molar-refractivity contribution in [2.45, 2.75) is 19.0 Å². The van der Waals surface area contributed by atoms with Crippen LogP contribution in [-0.2, 0) is 0 Å². The van der Waals surface area contributed by atoms with Crippen LogP contribution in [0.5, 0.6) is 5.75 Å². The molecule has 0 unspecified atom stereocenters. The minimum atomic E-state index is -0.146. The number of nitrogens with zero attached hydrogens (tertiary/aromatic N) is 3. The molecule has 1 fully saturated rings. The molecule has 1 saturated heterocycles. The van der Waals surface area contributed by atoms with Crippen molar-refractivity contribution in [1.29, 1.82) is 0 Å². The summed E-state index contributed by atoms with van der Waals surface area (Å²) in [7, 11) is 1.61. The van der Waals surface area contributed by atoms with Gasteiger partial charge >= 0.3 is 0 Å². The lowest BCUT2D eigenvalue weighted by Gasteiger charge is -2.29. The van der Waals surface area contributed by atoms with Gasteiger partial charge in [-0.3, -0.25) is 4.98 Å². The Morgan fingerprint density at radius 2 is 1.88 bits per heavy atom. The standard InChI is InChI=1S/C26H23ClN4OS/c1-17-7-5-8-18(15-17)30-14-6-10-22(30)25-24(21-9-3-4-13-28-21)29-26(33)31(25)19-11-12-23(32-2)20(27)16-19/h3-16,24-25H,1-2H3,(H,29,33)/t24-,25+/m1/s1.